The first-order chi connectivity index (χ1) is 9.29. The molecule has 0 bridgehead atoms. The highest BCUT2D eigenvalue weighted by Crippen LogP contribution is 2.21. The lowest BCUT2D eigenvalue weighted by molar-refractivity contribution is 0.0952. The maximum absolute atomic E-state index is 5.84. The van der Waals surface area contributed by atoms with Crippen molar-refractivity contribution in [2.24, 2.45) is 0 Å². The van der Waals surface area contributed by atoms with Gasteiger partial charge in [-0.05, 0) is 19.8 Å². The SMILES string of the molecule is Cc1cc(CN2CCC(Oc3nccs3)CC2)no1. The molecule has 6 heteroatoms. The number of hydrogen-bond acceptors (Lipinski definition) is 6. The molecule has 5 nitrogen and oxygen atoms in total. The molecule has 3 heterocycles. The van der Waals surface area contributed by atoms with Crippen LogP contribution in [0.5, 0.6) is 5.19 Å². The molecule has 0 saturated carbocycles. The van der Waals surface area contributed by atoms with Crippen molar-refractivity contribution in [1.82, 2.24) is 15.0 Å². The van der Waals surface area contributed by atoms with Crippen molar-refractivity contribution in [3.63, 3.8) is 0 Å². The smallest absolute Gasteiger partial charge is 0.273 e. The van der Waals surface area contributed by atoms with E-state index in [0.717, 1.165) is 49.1 Å². The third-order valence-electron chi connectivity index (χ3n) is 3.27. The van der Waals surface area contributed by atoms with E-state index >= 15 is 0 Å². The fraction of sp³-hybridized carbons (Fsp3) is 0.538. The molecule has 0 amide bonds. The van der Waals surface area contributed by atoms with Gasteiger partial charge in [-0.25, -0.2) is 4.98 Å². The van der Waals surface area contributed by atoms with Gasteiger partial charge >= 0.3 is 0 Å². The Morgan fingerprint density at radius 3 is 2.95 bits per heavy atom. The van der Waals surface area contributed by atoms with Gasteiger partial charge in [0.05, 0.1) is 5.69 Å². The van der Waals surface area contributed by atoms with Crippen LogP contribution in [0, 0.1) is 6.92 Å². The Balaban J connectivity index is 1.46. The number of hydrogen-bond donors (Lipinski definition) is 0. The molecule has 0 spiro atoms. The molecule has 3 rings (SSSR count). The highest BCUT2D eigenvalue weighted by Gasteiger charge is 2.21. The van der Waals surface area contributed by atoms with Crippen LogP contribution in [0.1, 0.15) is 24.3 Å². The van der Waals surface area contributed by atoms with Gasteiger partial charge in [-0.1, -0.05) is 16.5 Å². The Morgan fingerprint density at radius 2 is 2.32 bits per heavy atom. The van der Waals surface area contributed by atoms with E-state index in [1.807, 2.05) is 18.4 Å². The van der Waals surface area contributed by atoms with Crippen molar-refractivity contribution in [3.05, 3.63) is 29.1 Å². The van der Waals surface area contributed by atoms with E-state index in [1.165, 1.54) is 0 Å². The van der Waals surface area contributed by atoms with Gasteiger partial charge in [-0.3, -0.25) is 4.90 Å². The number of aryl methyl sites for hydroxylation is 1. The summed E-state index contributed by atoms with van der Waals surface area (Å²) in [6, 6.07) is 2.00. The van der Waals surface area contributed by atoms with E-state index in [2.05, 4.69) is 15.0 Å². The average molecular weight is 279 g/mol. The first-order valence-electron chi connectivity index (χ1n) is 6.50. The van der Waals surface area contributed by atoms with Crippen LogP contribution < -0.4 is 4.74 Å². The zero-order chi connectivity index (χ0) is 13.1. The third-order valence-corrected chi connectivity index (χ3v) is 3.94. The summed E-state index contributed by atoms with van der Waals surface area (Å²) in [5, 5.41) is 6.76. The van der Waals surface area contributed by atoms with Crippen LogP contribution in [-0.4, -0.2) is 34.2 Å². The van der Waals surface area contributed by atoms with E-state index < -0.39 is 0 Å². The minimum absolute atomic E-state index is 0.293. The van der Waals surface area contributed by atoms with Crippen LogP contribution in [0.25, 0.3) is 0 Å². The second kappa shape index (κ2) is 5.71. The minimum atomic E-state index is 0.293. The molecule has 0 atom stereocenters. The second-order valence-electron chi connectivity index (χ2n) is 4.82. The van der Waals surface area contributed by atoms with Gasteiger partial charge in [0, 0.05) is 37.3 Å². The Kier molecular flexibility index (Phi) is 3.79. The molecule has 2 aromatic rings. The van der Waals surface area contributed by atoms with E-state index in [9.17, 15) is 0 Å². The van der Waals surface area contributed by atoms with Crippen LogP contribution >= 0.6 is 11.3 Å². The maximum Gasteiger partial charge on any atom is 0.273 e. The van der Waals surface area contributed by atoms with Crippen molar-refractivity contribution in [1.29, 1.82) is 0 Å². The molecule has 0 unspecified atom stereocenters. The normalized spacial score (nSPS) is 17.7. The Labute approximate surface area is 116 Å². The molecule has 19 heavy (non-hydrogen) atoms. The van der Waals surface area contributed by atoms with Gasteiger partial charge in [0.1, 0.15) is 11.9 Å². The van der Waals surface area contributed by atoms with Crippen LogP contribution in [0.15, 0.2) is 22.2 Å². The van der Waals surface area contributed by atoms with E-state index in [0.29, 0.717) is 6.10 Å². The summed E-state index contributed by atoms with van der Waals surface area (Å²) < 4.78 is 10.9. The summed E-state index contributed by atoms with van der Waals surface area (Å²) >= 11 is 1.55. The maximum atomic E-state index is 5.84. The van der Waals surface area contributed by atoms with E-state index in [-0.39, 0.29) is 0 Å². The molecule has 1 aliphatic heterocycles. The van der Waals surface area contributed by atoms with Crippen molar-refractivity contribution < 1.29 is 9.26 Å². The standard InChI is InChI=1S/C13H17N3O2S/c1-10-8-11(15-18-10)9-16-5-2-12(3-6-16)17-13-14-4-7-19-13/h4,7-8,12H,2-3,5-6,9H2,1H3. The van der Waals surface area contributed by atoms with Crippen LogP contribution in [0.4, 0.5) is 0 Å². The third kappa shape index (κ3) is 3.33. The lowest BCUT2D eigenvalue weighted by Gasteiger charge is -2.30. The molecular weight excluding hydrogens is 262 g/mol. The van der Waals surface area contributed by atoms with Gasteiger partial charge in [0.15, 0.2) is 0 Å². The molecule has 1 fully saturated rings. The van der Waals surface area contributed by atoms with Crippen molar-refractivity contribution in [2.45, 2.75) is 32.4 Å². The van der Waals surface area contributed by atoms with Crippen molar-refractivity contribution in [2.75, 3.05) is 13.1 Å². The summed E-state index contributed by atoms with van der Waals surface area (Å²) in [6.45, 7) is 4.84. The number of rotatable bonds is 4. The Bertz CT molecular complexity index is 504. The highest BCUT2D eigenvalue weighted by atomic mass is 32.1. The largest absolute Gasteiger partial charge is 0.467 e. The molecule has 1 saturated heterocycles. The van der Waals surface area contributed by atoms with Crippen LogP contribution in [0.2, 0.25) is 0 Å². The first kappa shape index (κ1) is 12.6. The van der Waals surface area contributed by atoms with Crippen molar-refractivity contribution in [3.8, 4) is 5.19 Å². The second-order valence-corrected chi connectivity index (χ2v) is 5.68. The predicted molar refractivity (Wildman–Crippen MR) is 72.3 cm³/mol. The highest BCUT2D eigenvalue weighted by molar-refractivity contribution is 7.11. The fourth-order valence-corrected chi connectivity index (χ4v) is 2.87. The summed E-state index contributed by atoms with van der Waals surface area (Å²) in [6.07, 6.45) is 4.15. The molecule has 0 radical (unpaired) electrons. The topological polar surface area (TPSA) is 51.4 Å². The van der Waals surface area contributed by atoms with Gasteiger partial charge in [-0.15, -0.1) is 0 Å². The zero-order valence-corrected chi connectivity index (χ0v) is 11.7. The monoisotopic (exact) mass is 279 g/mol. The molecule has 1 aliphatic rings. The summed E-state index contributed by atoms with van der Waals surface area (Å²) in [5.74, 6) is 0.872. The van der Waals surface area contributed by atoms with Crippen LogP contribution in [-0.2, 0) is 6.54 Å². The number of thiazole rings is 1. The summed E-state index contributed by atoms with van der Waals surface area (Å²) in [5.41, 5.74) is 1.01. The van der Waals surface area contributed by atoms with Crippen molar-refractivity contribution >= 4 is 11.3 Å². The van der Waals surface area contributed by atoms with Gasteiger partial charge in [0.25, 0.3) is 5.19 Å². The number of ether oxygens (including phenoxy) is 1. The molecule has 0 aromatic carbocycles. The fourth-order valence-electron chi connectivity index (χ4n) is 2.32. The minimum Gasteiger partial charge on any atom is -0.467 e. The predicted octanol–water partition coefficient (Wildman–Crippen LogP) is 2.48. The van der Waals surface area contributed by atoms with Gasteiger partial charge < -0.3 is 9.26 Å². The number of likely N-dealkylation sites (tertiary alicyclic amines) is 1. The Hall–Kier alpha value is -1.40. The Morgan fingerprint density at radius 1 is 1.47 bits per heavy atom. The van der Waals surface area contributed by atoms with Crippen LogP contribution in [0.3, 0.4) is 0 Å². The van der Waals surface area contributed by atoms with E-state index in [1.54, 1.807) is 17.5 Å². The summed E-state index contributed by atoms with van der Waals surface area (Å²) in [7, 11) is 0. The zero-order valence-electron chi connectivity index (χ0n) is 10.9. The number of aromatic nitrogens is 2. The average Bonchev–Trinajstić information content (AvgIpc) is 3.04. The molecule has 0 N–H and O–H groups in total. The quantitative estimate of drug-likeness (QED) is 0.860. The number of piperidine rings is 1. The lowest BCUT2D eigenvalue weighted by atomic mass is 10.1. The summed E-state index contributed by atoms with van der Waals surface area (Å²) in [4.78, 5) is 6.55. The first-order valence-corrected chi connectivity index (χ1v) is 7.38. The van der Waals surface area contributed by atoms with E-state index in [4.69, 9.17) is 9.26 Å². The molecule has 0 aliphatic carbocycles. The lowest BCUT2D eigenvalue weighted by Crippen LogP contribution is -2.37. The molecule has 2 aromatic heterocycles. The van der Waals surface area contributed by atoms with Gasteiger partial charge in [-0.2, -0.15) is 0 Å². The number of nitrogens with zero attached hydrogens (tertiary/aromatic N) is 3. The molecule has 102 valence electrons. The van der Waals surface area contributed by atoms with Gasteiger partial charge in [0.2, 0.25) is 0 Å². The molecular formula is C13H17N3O2S.